The highest BCUT2D eigenvalue weighted by molar-refractivity contribution is 5.48. The molecular formula is C15H24FN3. The van der Waals surface area contributed by atoms with Crippen LogP contribution in [0.3, 0.4) is 0 Å². The van der Waals surface area contributed by atoms with E-state index in [1.54, 1.807) is 6.07 Å². The molecule has 0 aliphatic carbocycles. The molecule has 0 radical (unpaired) electrons. The van der Waals surface area contributed by atoms with Crippen LogP contribution in [-0.4, -0.2) is 24.1 Å². The fraction of sp³-hybridized carbons (Fsp3) is 0.667. The highest BCUT2D eigenvalue weighted by Crippen LogP contribution is 2.28. The SMILES string of the molecule is CCNCc1cc(F)cnc1N1CCCCC1CC. The van der Waals surface area contributed by atoms with Crippen LogP contribution >= 0.6 is 0 Å². The third-order valence-electron chi connectivity index (χ3n) is 3.85. The third kappa shape index (κ3) is 3.44. The van der Waals surface area contributed by atoms with Gasteiger partial charge in [-0.25, -0.2) is 9.37 Å². The molecule has 1 atom stereocenters. The molecule has 1 fully saturated rings. The number of nitrogens with one attached hydrogen (secondary N) is 1. The van der Waals surface area contributed by atoms with Crippen LogP contribution < -0.4 is 10.2 Å². The molecule has 1 aliphatic heterocycles. The summed E-state index contributed by atoms with van der Waals surface area (Å²) in [5.74, 6) is 0.718. The summed E-state index contributed by atoms with van der Waals surface area (Å²) in [6.07, 6.45) is 6.18. The smallest absolute Gasteiger partial charge is 0.141 e. The fourth-order valence-corrected chi connectivity index (χ4v) is 2.83. The number of hydrogen-bond donors (Lipinski definition) is 1. The third-order valence-corrected chi connectivity index (χ3v) is 3.85. The lowest BCUT2D eigenvalue weighted by Crippen LogP contribution is -2.40. The summed E-state index contributed by atoms with van der Waals surface area (Å²) in [6.45, 7) is 6.88. The highest BCUT2D eigenvalue weighted by Gasteiger charge is 2.24. The van der Waals surface area contributed by atoms with Gasteiger partial charge in [0.1, 0.15) is 11.6 Å². The minimum absolute atomic E-state index is 0.248. The van der Waals surface area contributed by atoms with E-state index in [2.05, 4.69) is 29.0 Å². The molecule has 2 rings (SSSR count). The van der Waals surface area contributed by atoms with Crippen LogP contribution in [0.5, 0.6) is 0 Å². The van der Waals surface area contributed by atoms with Gasteiger partial charge in [0.15, 0.2) is 0 Å². The van der Waals surface area contributed by atoms with Crippen molar-refractivity contribution in [1.29, 1.82) is 0 Å². The summed E-state index contributed by atoms with van der Waals surface area (Å²) in [5.41, 5.74) is 0.974. The molecule has 106 valence electrons. The Morgan fingerprint density at radius 3 is 3.00 bits per heavy atom. The van der Waals surface area contributed by atoms with E-state index in [0.29, 0.717) is 12.6 Å². The van der Waals surface area contributed by atoms with Gasteiger partial charge in [0, 0.05) is 24.7 Å². The summed E-state index contributed by atoms with van der Waals surface area (Å²) in [5, 5.41) is 3.27. The second kappa shape index (κ2) is 6.85. The van der Waals surface area contributed by atoms with Crippen molar-refractivity contribution in [3.63, 3.8) is 0 Å². The first-order valence-corrected chi connectivity index (χ1v) is 7.38. The summed E-state index contributed by atoms with van der Waals surface area (Å²) < 4.78 is 13.4. The Morgan fingerprint density at radius 2 is 2.26 bits per heavy atom. The lowest BCUT2D eigenvalue weighted by molar-refractivity contribution is 0.444. The van der Waals surface area contributed by atoms with Crippen molar-refractivity contribution in [2.75, 3.05) is 18.0 Å². The van der Waals surface area contributed by atoms with Crippen molar-refractivity contribution in [1.82, 2.24) is 10.3 Å². The number of aromatic nitrogens is 1. The van der Waals surface area contributed by atoms with Gasteiger partial charge < -0.3 is 10.2 Å². The molecule has 1 N–H and O–H groups in total. The van der Waals surface area contributed by atoms with Crippen molar-refractivity contribution >= 4 is 5.82 Å². The van der Waals surface area contributed by atoms with E-state index in [1.165, 1.54) is 25.5 Å². The Labute approximate surface area is 115 Å². The minimum Gasteiger partial charge on any atom is -0.353 e. The van der Waals surface area contributed by atoms with Gasteiger partial charge in [0.2, 0.25) is 0 Å². The molecule has 0 bridgehead atoms. The molecule has 0 aromatic carbocycles. The molecule has 0 saturated carbocycles. The van der Waals surface area contributed by atoms with Gasteiger partial charge in [0.25, 0.3) is 0 Å². The second-order valence-corrected chi connectivity index (χ2v) is 5.17. The quantitative estimate of drug-likeness (QED) is 0.886. The zero-order valence-electron chi connectivity index (χ0n) is 12.0. The summed E-state index contributed by atoms with van der Waals surface area (Å²) in [4.78, 5) is 6.73. The molecule has 2 heterocycles. The standard InChI is InChI=1S/C15H24FN3/c1-3-14-7-5-6-8-19(14)15-12(10-17-4-2)9-13(16)11-18-15/h9,11,14,17H,3-8,10H2,1-2H3. The maximum atomic E-state index is 13.4. The maximum Gasteiger partial charge on any atom is 0.141 e. The highest BCUT2D eigenvalue weighted by atomic mass is 19.1. The van der Waals surface area contributed by atoms with Crippen LogP contribution in [0.25, 0.3) is 0 Å². The summed E-state index contributed by atoms with van der Waals surface area (Å²) in [6, 6.07) is 2.17. The van der Waals surface area contributed by atoms with E-state index in [4.69, 9.17) is 0 Å². The van der Waals surface area contributed by atoms with Crippen LogP contribution in [0.2, 0.25) is 0 Å². The van der Waals surface area contributed by atoms with Crippen molar-refractivity contribution in [2.24, 2.45) is 0 Å². The van der Waals surface area contributed by atoms with Gasteiger partial charge in [-0.3, -0.25) is 0 Å². The Hall–Kier alpha value is -1.16. The first-order chi connectivity index (χ1) is 9.26. The monoisotopic (exact) mass is 265 g/mol. The van der Waals surface area contributed by atoms with Gasteiger partial charge in [-0.05, 0) is 38.3 Å². The zero-order chi connectivity index (χ0) is 13.7. The van der Waals surface area contributed by atoms with Crippen LogP contribution in [0.1, 0.15) is 45.1 Å². The largest absolute Gasteiger partial charge is 0.353 e. The molecule has 19 heavy (non-hydrogen) atoms. The number of nitrogens with zero attached hydrogens (tertiary/aromatic N) is 2. The summed E-state index contributed by atoms with van der Waals surface area (Å²) >= 11 is 0. The van der Waals surface area contributed by atoms with Crippen molar-refractivity contribution in [3.05, 3.63) is 23.6 Å². The fourth-order valence-electron chi connectivity index (χ4n) is 2.83. The van der Waals surface area contributed by atoms with E-state index < -0.39 is 0 Å². The lowest BCUT2D eigenvalue weighted by atomic mass is 9.99. The van der Waals surface area contributed by atoms with E-state index in [1.807, 2.05) is 0 Å². The van der Waals surface area contributed by atoms with Crippen molar-refractivity contribution < 1.29 is 4.39 Å². The van der Waals surface area contributed by atoms with Crippen LogP contribution in [0.4, 0.5) is 10.2 Å². The first-order valence-electron chi connectivity index (χ1n) is 7.38. The number of pyridine rings is 1. The average molecular weight is 265 g/mol. The molecule has 4 heteroatoms. The van der Waals surface area contributed by atoms with Crippen LogP contribution in [0.15, 0.2) is 12.3 Å². The van der Waals surface area contributed by atoms with Gasteiger partial charge in [-0.1, -0.05) is 13.8 Å². The number of anilines is 1. The maximum absolute atomic E-state index is 13.4. The van der Waals surface area contributed by atoms with Crippen LogP contribution in [-0.2, 0) is 6.54 Å². The first kappa shape index (κ1) is 14.3. The molecule has 3 nitrogen and oxygen atoms in total. The Bertz CT molecular complexity index is 408. The van der Waals surface area contributed by atoms with Gasteiger partial charge in [-0.2, -0.15) is 0 Å². The van der Waals surface area contributed by atoms with Gasteiger partial charge in [-0.15, -0.1) is 0 Å². The number of rotatable bonds is 5. The molecule has 1 aromatic heterocycles. The van der Waals surface area contributed by atoms with E-state index >= 15 is 0 Å². The van der Waals surface area contributed by atoms with Gasteiger partial charge in [0.05, 0.1) is 6.20 Å². The molecule has 1 unspecified atom stereocenters. The van der Waals surface area contributed by atoms with Gasteiger partial charge >= 0.3 is 0 Å². The van der Waals surface area contributed by atoms with Crippen molar-refractivity contribution in [3.8, 4) is 0 Å². The topological polar surface area (TPSA) is 28.2 Å². The van der Waals surface area contributed by atoms with Crippen LogP contribution in [0, 0.1) is 5.82 Å². The summed E-state index contributed by atoms with van der Waals surface area (Å²) in [7, 11) is 0. The predicted molar refractivity (Wildman–Crippen MR) is 76.9 cm³/mol. The molecule has 0 amide bonds. The number of halogens is 1. The van der Waals surface area contributed by atoms with E-state index in [0.717, 1.165) is 30.9 Å². The predicted octanol–water partition coefficient (Wildman–Crippen LogP) is 3.10. The molecule has 0 spiro atoms. The van der Waals surface area contributed by atoms with E-state index in [-0.39, 0.29) is 5.82 Å². The zero-order valence-corrected chi connectivity index (χ0v) is 12.0. The molecule has 1 aromatic rings. The molecular weight excluding hydrogens is 241 g/mol. The average Bonchev–Trinajstić information content (AvgIpc) is 2.45. The Balaban J connectivity index is 2.25. The molecule has 1 aliphatic rings. The number of hydrogen-bond acceptors (Lipinski definition) is 3. The van der Waals surface area contributed by atoms with Crippen molar-refractivity contribution in [2.45, 2.75) is 52.1 Å². The number of piperidine rings is 1. The van der Waals surface area contributed by atoms with E-state index in [9.17, 15) is 4.39 Å². The normalized spacial score (nSPS) is 19.7. The second-order valence-electron chi connectivity index (χ2n) is 5.17. The Morgan fingerprint density at radius 1 is 1.42 bits per heavy atom. The lowest BCUT2D eigenvalue weighted by Gasteiger charge is -2.37. The minimum atomic E-state index is -0.248. The Kier molecular flexibility index (Phi) is 5.14. The molecule has 1 saturated heterocycles.